The average molecular weight is 687 g/mol. The number of primary amides is 1. The number of aromatic nitrogens is 1. The van der Waals surface area contributed by atoms with Crippen LogP contribution in [0.25, 0.3) is 0 Å². The summed E-state index contributed by atoms with van der Waals surface area (Å²) in [5, 5.41) is 2.78. The number of piperidine rings is 1. The summed E-state index contributed by atoms with van der Waals surface area (Å²) in [5.74, 6) is 0.130. The van der Waals surface area contributed by atoms with Crippen LogP contribution in [0.1, 0.15) is 71.6 Å². The second-order valence-electron chi connectivity index (χ2n) is 12.1. The molecule has 1 aliphatic heterocycles. The van der Waals surface area contributed by atoms with Gasteiger partial charge >= 0.3 is 6.03 Å². The Morgan fingerprint density at radius 2 is 1.79 bits per heavy atom. The molecule has 260 valence electrons. The summed E-state index contributed by atoms with van der Waals surface area (Å²) < 4.78 is 58.7. The molecule has 1 saturated heterocycles. The predicted octanol–water partition coefficient (Wildman–Crippen LogP) is 6.28. The molecule has 0 radical (unpaired) electrons. The van der Waals surface area contributed by atoms with E-state index in [1.54, 1.807) is 35.4 Å². The first kappa shape index (κ1) is 36.5. The topological polar surface area (TPSA) is 147 Å². The van der Waals surface area contributed by atoms with Crippen LogP contribution < -0.4 is 20.5 Å². The number of ether oxygens (including phenoxy) is 1. The number of pyridine rings is 1. The number of carbonyl (C=O) groups excluding carboxylic acids is 2. The molecule has 3 aromatic rings. The molecule has 4 N–H and O–H groups in total. The maximum absolute atomic E-state index is 13.9. The lowest BCUT2D eigenvalue weighted by Gasteiger charge is -2.38. The van der Waals surface area contributed by atoms with E-state index in [4.69, 9.17) is 10.5 Å². The smallest absolute Gasteiger partial charge is 0.322 e. The summed E-state index contributed by atoms with van der Waals surface area (Å²) in [4.78, 5) is 34.0. The molecule has 11 nitrogen and oxygen atoms in total. The Bertz CT molecular complexity index is 1680. The van der Waals surface area contributed by atoms with Crippen molar-refractivity contribution in [2.24, 2.45) is 5.73 Å². The minimum atomic E-state index is -3.38. The van der Waals surface area contributed by atoms with E-state index in [0.717, 1.165) is 62.6 Å². The monoisotopic (exact) mass is 686 g/mol. The highest BCUT2D eigenvalue weighted by Crippen LogP contribution is 2.28. The van der Waals surface area contributed by atoms with Crippen molar-refractivity contribution in [1.82, 2.24) is 14.8 Å². The second-order valence-corrected chi connectivity index (χ2v) is 13.8. The van der Waals surface area contributed by atoms with Crippen LogP contribution in [0.3, 0.4) is 0 Å². The van der Waals surface area contributed by atoms with E-state index >= 15 is 0 Å². The number of carbonyl (C=O) groups is 2. The summed E-state index contributed by atoms with van der Waals surface area (Å²) in [7, 11) is -3.38. The Balaban J connectivity index is 1.36. The van der Waals surface area contributed by atoms with Crippen molar-refractivity contribution in [2.75, 3.05) is 35.9 Å². The quantitative estimate of drug-likeness (QED) is 0.160. The lowest BCUT2D eigenvalue weighted by Crippen LogP contribution is -2.49. The summed E-state index contributed by atoms with van der Waals surface area (Å²) in [6.07, 6.45) is 7.08. The number of hydrogen-bond acceptors (Lipinski definition) is 7. The van der Waals surface area contributed by atoms with Crippen LogP contribution >= 0.6 is 0 Å². The van der Waals surface area contributed by atoms with Gasteiger partial charge in [-0.15, -0.1) is 0 Å². The molecule has 48 heavy (non-hydrogen) atoms. The zero-order valence-corrected chi connectivity index (χ0v) is 28.4. The molecule has 1 aliphatic rings. The fourth-order valence-corrected chi connectivity index (χ4v) is 6.35. The van der Waals surface area contributed by atoms with Crippen molar-refractivity contribution in [3.05, 3.63) is 76.5 Å². The number of nitrogens with two attached hydrogens (primary N) is 1. The normalized spacial score (nSPS) is 14.0. The highest BCUT2D eigenvalue weighted by atomic mass is 32.2. The van der Waals surface area contributed by atoms with Crippen LogP contribution in [0, 0.1) is 6.92 Å². The first-order chi connectivity index (χ1) is 22.9. The van der Waals surface area contributed by atoms with Crippen LogP contribution in [-0.2, 0) is 29.9 Å². The van der Waals surface area contributed by atoms with Gasteiger partial charge in [-0.3, -0.25) is 14.4 Å². The van der Waals surface area contributed by atoms with Gasteiger partial charge in [-0.2, -0.15) is 0 Å². The number of amides is 3. The number of alkyl halides is 2. The number of urea groups is 1. The van der Waals surface area contributed by atoms with Crippen LogP contribution in [0.5, 0.6) is 11.6 Å². The number of nitrogens with zero attached hydrogens (tertiary/aromatic N) is 3. The van der Waals surface area contributed by atoms with E-state index in [9.17, 15) is 26.8 Å². The van der Waals surface area contributed by atoms with Gasteiger partial charge in [-0.1, -0.05) is 25.8 Å². The van der Waals surface area contributed by atoms with Crippen molar-refractivity contribution in [1.29, 1.82) is 0 Å². The first-order valence-corrected chi connectivity index (χ1v) is 17.9. The Labute approximate surface area is 280 Å². The van der Waals surface area contributed by atoms with E-state index in [2.05, 4.69) is 26.8 Å². The highest BCUT2D eigenvalue weighted by Gasteiger charge is 2.29. The van der Waals surface area contributed by atoms with Crippen molar-refractivity contribution in [3.63, 3.8) is 0 Å². The summed E-state index contributed by atoms with van der Waals surface area (Å²) in [6.45, 7) is 4.70. The van der Waals surface area contributed by atoms with Crippen LogP contribution in [-0.4, -0.2) is 67.1 Å². The standard InChI is InChI=1S/C34H44F2N6O5S/c1-4-5-6-13-42(34(44)39-30-18-29(33(37)43)25(19-35)17-26(30)20-36)28-11-14-41(15-12-28)22-24-7-10-32(38-21-24)47-31-9-8-27(16-23(31)2)40-48(3,45)46/h7-10,16-18,21,28,40H,4-6,11-15,19-20,22H2,1-3H3,(H2,37,43)(H,39,44). The third-order valence-electron chi connectivity index (χ3n) is 8.28. The lowest BCUT2D eigenvalue weighted by molar-refractivity contribution is 0.0998. The molecule has 0 saturated carbocycles. The molecule has 3 amide bonds. The van der Waals surface area contributed by atoms with Gasteiger partial charge in [0, 0.05) is 67.0 Å². The van der Waals surface area contributed by atoms with Crippen molar-refractivity contribution < 1.29 is 31.5 Å². The van der Waals surface area contributed by atoms with Crippen LogP contribution in [0.15, 0.2) is 48.7 Å². The molecule has 4 rings (SSSR count). The molecule has 0 bridgehead atoms. The predicted molar refractivity (Wildman–Crippen MR) is 182 cm³/mol. The van der Waals surface area contributed by atoms with E-state index in [-0.39, 0.29) is 34.5 Å². The molecule has 2 aromatic carbocycles. The SMILES string of the molecule is CCCCCN(C(=O)Nc1cc(C(N)=O)c(CF)cc1CF)C1CCN(Cc2ccc(Oc3ccc(NS(C)(=O)=O)cc3C)nc2)CC1. The number of nitrogens with one attached hydrogen (secondary N) is 2. The van der Waals surface area contributed by atoms with E-state index < -0.39 is 29.3 Å². The van der Waals surface area contributed by atoms with Gasteiger partial charge < -0.3 is 20.7 Å². The number of hydrogen-bond donors (Lipinski definition) is 3. The number of unbranched alkanes of at least 4 members (excludes halogenated alkanes) is 2. The number of aryl methyl sites for hydroxylation is 1. The van der Waals surface area contributed by atoms with E-state index in [0.29, 0.717) is 30.4 Å². The fraction of sp³-hybridized carbons (Fsp3) is 0.441. The van der Waals surface area contributed by atoms with Gasteiger partial charge in [0.2, 0.25) is 21.8 Å². The fourth-order valence-electron chi connectivity index (χ4n) is 5.80. The third-order valence-corrected chi connectivity index (χ3v) is 8.89. The van der Waals surface area contributed by atoms with Gasteiger partial charge in [0.1, 0.15) is 19.1 Å². The molecule has 1 aromatic heterocycles. The Morgan fingerprint density at radius 1 is 1.06 bits per heavy atom. The van der Waals surface area contributed by atoms with Gasteiger partial charge in [-0.05, 0) is 73.2 Å². The highest BCUT2D eigenvalue weighted by molar-refractivity contribution is 7.92. The molecule has 1 fully saturated rings. The Hall–Kier alpha value is -4.30. The van der Waals surface area contributed by atoms with Crippen molar-refractivity contribution in [2.45, 2.75) is 71.9 Å². The molecular formula is C34H44F2N6O5S. The zero-order chi connectivity index (χ0) is 34.8. The van der Waals surface area contributed by atoms with Gasteiger partial charge in [0.05, 0.1) is 6.26 Å². The van der Waals surface area contributed by atoms with E-state index in [1.807, 2.05) is 13.0 Å². The number of rotatable bonds is 15. The summed E-state index contributed by atoms with van der Waals surface area (Å²) >= 11 is 0. The molecule has 0 spiro atoms. The minimum Gasteiger partial charge on any atom is -0.439 e. The van der Waals surface area contributed by atoms with Crippen molar-refractivity contribution >= 4 is 33.3 Å². The maximum atomic E-state index is 13.9. The summed E-state index contributed by atoms with van der Waals surface area (Å²) in [6, 6.07) is 10.8. The van der Waals surface area contributed by atoms with E-state index in [1.165, 1.54) is 12.1 Å². The molecule has 2 heterocycles. The van der Waals surface area contributed by atoms with Gasteiger partial charge in [0.25, 0.3) is 0 Å². The first-order valence-electron chi connectivity index (χ1n) is 16.0. The molecule has 14 heteroatoms. The molecular weight excluding hydrogens is 642 g/mol. The zero-order valence-electron chi connectivity index (χ0n) is 27.6. The second kappa shape index (κ2) is 16.7. The number of benzene rings is 2. The number of likely N-dealkylation sites (tertiary alicyclic amines) is 1. The third kappa shape index (κ3) is 10.1. The number of sulfonamides is 1. The maximum Gasteiger partial charge on any atom is 0.322 e. The molecule has 0 aliphatic carbocycles. The summed E-state index contributed by atoms with van der Waals surface area (Å²) in [5.41, 5.74) is 7.73. The molecule has 0 unspecified atom stereocenters. The number of halogens is 2. The average Bonchev–Trinajstić information content (AvgIpc) is 3.04. The van der Waals surface area contributed by atoms with Gasteiger partial charge in [0.15, 0.2) is 0 Å². The number of anilines is 2. The minimum absolute atomic E-state index is 0.0103. The lowest BCUT2D eigenvalue weighted by atomic mass is 10.0. The Kier molecular flexibility index (Phi) is 12.7. The Morgan fingerprint density at radius 3 is 2.38 bits per heavy atom. The van der Waals surface area contributed by atoms with Crippen molar-refractivity contribution in [3.8, 4) is 11.6 Å². The largest absolute Gasteiger partial charge is 0.439 e. The van der Waals surface area contributed by atoms with Crippen LogP contribution in [0.4, 0.5) is 25.0 Å². The molecule has 0 atom stereocenters. The van der Waals surface area contributed by atoms with Crippen LogP contribution in [0.2, 0.25) is 0 Å². The van der Waals surface area contributed by atoms with Gasteiger partial charge in [-0.25, -0.2) is 27.0 Å².